The SMILES string of the molecule is CC/C=C\C/C=C\C/C=C\C/C=C\C/C=C\C/C=C\CCCCC(=O)OCC(COC(=O)CCCCCCC/C=C\CCCCCC)OC(=O)CCCCCCCCC/C=C\CCCCCCCCC. The Bertz CT molecular complexity index is 1400. The topological polar surface area (TPSA) is 78.9 Å². The average molecular weight is 974 g/mol. The van der Waals surface area contributed by atoms with Gasteiger partial charge < -0.3 is 14.2 Å². The molecule has 1 atom stereocenters. The second kappa shape index (κ2) is 57.9. The highest BCUT2D eigenvalue weighted by Gasteiger charge is 2.19. The summed E-state index contributed by atoms with van der Waals surface area (Å²) in [6.07, 6.45) is 76.8. The molecule has 0 aliphatic rings. The van der Waals surface area contributed by atoms with Crippen molar-refractivity contribution in [2.24, 2.45) is 0 Å². The number of rotatable bonds is 52. The maximum Gasteiger partial charge on any atom is 0.306 e. The Morgan fingerprint density at radius 3 is 0.929 bits per heavy atom. The number of carbonyl (C=O) groups is 3. The minimum atomic E-state index is -0.802. The molecule has 400 valence electrons. The van der Waals surface area contributed by atoms with E-state index in [-0.39, 0.29) is 31.1 Å². The summed E-state index contributed by atoms with van der Waals surface area (Å²) >= 11 is 0. The van der Waals surface area contributed by atoms with Crippen molar-refractivity contribution in [2.45, 2.75) is 277 Å². The zero-order valence-corrected chi connectivity index (χ0v) is 45.8. The van der Waals surface area contributed by atoms with Crippen molar-refractivity contribution in [1.82, 2.24) is 0 Å². The molecule has 6 nitrogen and oxygen atoms in total. The van der Waals surface area contributed by atoms with Gasteiger partial charge in [-0.05, 0) is 122 Å². The maximum atomic E-state index is 12.9. The third-order valence-electron chi connectivity index (χ3n) is 12.3. The molecular formula is C64H108O6. The molecule has 0 amide bonds. The quantitative estimate of drug-likeness (QED) is 0.0262. The van der Waals surface area contributed by atoms with Gasteiger partial charge in [-0.15, -0.1) is 0 Å². The van der Waals surface area contributed by atoms with E-state index < -0.39 is 6.10 Å². The maximum absolute atomic E-state index is 12.9. The van der Waals surface area contributed by atoms with Crippen LogP contribution in [-0.2, 0) is 28.6 Å². The van der Waals surface area contributed by atoms with E-state index in [2.05, 4.69) is 118 Å². The molecule has 70 heavy (non-hydrogen) atoms. The molecule has 0 rings (SSSR count). The van der Waals surface area contributed by atoms with Crippen molar-refractivity contribution in [2.75, 3.05) is 13.2 Å². The molecule has 0 fully saturated rings. The van der Waals surface area contributed by atoms with Crippen LogP contribution in [0, 0.1) is 0 Å². The highest BCUT2D eigenvalue weighted by atomic mass is 16.6. The van der Waals surface area contributed by atoms with E-state index in [0.717, 1.165) is 103 Å². The van der Waals surface area contributed by atoms with Gasteiger partial charge in [0.1, 0.15) is 13.2 Å². The fourth-order valence-corrected chi connectivity index (χ4v) is 7.91. The summed E-state index contributed by atoms with van der Waals surface area (Å²) in [6.45, 7) is 6.47. The lowest BCUT2D eigenvalue weighted by Gasteiger charge is -2.18. The number of hydrogen-bond donors (Lipinski definition) is 0. The van der Waals surface area contributed by atoms with Crippen molar-refractivity contribution < 1.29 is 28.6 Å². The molecule has 0 aromatic heterocycles. The second-order valence-corrected chi connectivity index (χ2v) is 19.2. The first-order chi connectivity index (χ1) is 34.5. The van der Waals surface area contributed by atoms with Crippen LogP contribution in [0.5, 0.6) is 0 Å². The second-order valence-electron chi connectivity index (χ2n) is 19.2. The molecule has 0 bridgehead atoms. The van der Waals surface area contributed by atoms with Crippen molar-refractivity contribution in [1.29, 1.82) is 0 Å². The lowest BCUT2D eigenvalue weighted by Crippen LogP contribution is -2.30. The van der Waals surface area contributed by atoms with Gasteiger partial charge in [0.05, 0.1) is 0 Å². The third-order valence-corrected chi connectivity index (χ3v) is 12.3. The lowest BCUT2D eigenvalue weighted by molar-refractivity contribution is -0.167. The van der Waals surface area contributed by atoms with Gasteiger partial charge in [-0.1, -0.05) is 227 Å². The molecule has 0 aliphatic carbocycles. The highest BCUT2D eigenvalue weighted by Crippen LogP contribution is 2.14. The standard InChI is InChI=1S/C64H108O6/c1-4-7-10-13-16-19-22-25-27-29-31-32-33-35-36-39-42-45-48-51-54-57-63(66)69-60-61(59-68-62(65)56-53-50-47-44-41-38-24-21-18-15-12-9-6-3)70-64(67)58-55-52-49-46-43-40-37-34-30-28-26-23-20-17-14-11-8-5-2/h7,10,16,19,21,24-25,27-28,30-32,35-36,42,45,61H,4-6,8-9,11-15,17-18,20,22-23,26,29,33-34,37-41,43-44,46-60H2,1-3H3/b10-7-,19-16-,24-21-,27-25-,30-28-,32-31-,36-35-,45-42-. The van der Waals surface area contributed by atoms with Crippen LogP contribution in [0.25, 0.3) is 0 Å². The molecule has 0 saturated carbocycles. The van der Waals surface area contributed by atoms with Crippen LogP contribution in [0.15, 0.2) is 97.2 Å². The summed E-state index contributed by atoms with van der Waals surface area (Å²) in [5.74, 6) is -0.951. The largest absolute Gasteiger partial charge is 0.462 e. The Morgan fingerprint density at radius 2 is 0.557 bits per heavy atom. The van der Waals surface area contributed by atoms with Crippen LogP contribution in [0.1, 0.15) is 271 Å². The predicted octanol–water partition coefficient (Wildman–Crippen LogP) is 19.7. The van der Waals surface area contributed by atoms with Gasteiger partial charge in [-0.25, -0.2) is 0 Å². The lowest BCUT2D eigenvalue weighted by atomic mass is 10.1. The number of allylic oxidation sites excluding steroid dienone is 16. The molecule has 0 N–H and O–H groups in total. The van der Waals surface area contributed by atoms with Crippen molar-refractivity contribution in [3.63, 3.8) is 0 Å². The zero-order chi connectivity index (χ0) is 50.7. The average Bonchev–Trinajstić information content (AvgIpc) is 3.36. The summed E-state index contributed by atoms with van der Waals surface area (Å²) in [5, 5.41) is 0. The molecule has 1 unspecified atom stereocenters. The van der Waals surface area contributed by atoms with Gasteiger partial charge >= 0.3 is 17.9 Å². The summed E-state index contributed by atoms with van der Waals surface area (Å²) in [4.78, 5) is 38.2. The monoisotopic (exact) mass is 973 g/mol. The van der Waals surface area contributed by atoms with E-state index in [4.69, 9.17) is 14.2 Å². The van der Waals surface area contributed by atoms with Crippen LogP contribution < -0.4 is 0 Å². The van der Waals surface area contributed by atoms with Crippen LogP contribution in [0.2, 0.25) is 0 Å². The molecule has 0 aromatic rings. The molecule has 0 saturated heterocycles. The molecule has 0 spiro atoms. The van der Waals surface area contributed by atoms with Crippen LogP contribution >= 0.6 is 0 Å². The van der Waals surface area contributed by atoms with Gasteiger partial charge in [-0.2, -0.15) is 0 Å². The van der Waals surface area contributed by atoms with Crippen molar-refractivity contribution in [3.8, 4) is 0 Å². The number of carbonyl (C=O) groups excluding carboxylic acids is 3. The molecule has 0 aromatic carbocycles. The zero-order valence-electron chi connectivity index (χ0n) is 45.8. The van der Waals surface area contributed by atoms with E-state index in [0.29, 0.717) is 19.3 Å². The van der Waals surface area contributed by atoms with Gasteiger partial charge in [0.25, 0.3) is 0 Å². The number of ether oxygens (including phenoxy) is 3. The summed E-state index contributed by atoms with van der Waals surface area (Å²) in [6, 6.07) is 0. The highest BCUT2D eigenvalue weighted by molar-refractivity contribution is 5.71. The minimum Gasteiger partial charge on any atom is -0.462 e. The van der Waals surface area contributed by atoms with E-state index in [1.54, 1.807) is 0 Å². The molecule has 0 radical (unpaired) electrons. The Hall–Kier alpha value is -3.67. The normalized spacial score (nSPS) is 12.8. The predicted molar refractivity (Wildman–Crippen MR) is 302 cm³/mol. The number of unbranched alkanes of at least 4 members (excludes halogenated alkanes) is 25. The van der Waals surface area contributed by atoms with E-state index >= 15 is 0 Å². The van der Waals surface area contributed by atoms with Crippen LogP contribution in [0.3, 0.4) is 0 Å². The first kappa shape index (κ1) is 66.3. The van der Waals surface area contributed by atoms with Crippen molar-refractivity contribution >= 4 is 17.9 Å². The third kappa shape index (κ3) is 55.3. The van der Waals surface area contributed by atoms with Crippen LogP contribution in [-0.4, -0.2) is 37.2 Å². The van der Waals surface area contributed by atoms with Gasteiger partial charge in [-0.3, -0.25) is 14.4 Å². The van der Waals surface area contributed by atoms with E-state index in [1.807, 2.05) is 0 Å². The Labute approximate surface area is 432 Å². The molecule has 6 heteroatoms. The Balaban J connectivity index is 4.46. The Kier molecular flexibility index (Phi) is 54.9. The fourth-order valence-electron chi connectivity index (χ4n) is 7.91. The van der Waals surface area contributed by atoms with Gasteiger partial charge in [0, 0.05) is 19.3 Å². The van der Waals surface area contributed by atoms with Crippen molar-refractivity contribution in [3.05, 3.63) is 97.2 Å². The van der Waals surface area contributed by atoms with E-state index in [1.165, 1.54) is 128 Å². The first-order valence-electron chi connectivity index (χ1n) is 29.2. The summed E-state index contributed by atoms with van der Waals surface area (Å²) < 4.78 is 16.8. The molecular weight excluding hydrogens is 865 g/mol. The summed E-state index contributed by atoms with van der Waals surface area (Å²) in [5.41, 5.74) is 0. The first-order valence-corrected chi connectivity index (χ1v) is 29.2. The summed E-state index contributed by atoms with van der Waals surface area (Å²) in [7, 11) is 0. The Morgan fingerprint density at radius 1 is 0.300 bits per heavy atom. The van der Waals surface area contributed by atoms with Gasteiger partial charge in [0.2, 0.25) is 0 Å². The minimum absolute atomic E-state index is 0.0976. The smallest absolute Gasteiger partial charge is 0.306 e. The molecule has 0 heterocycles. The van der Waals surface area contributed by atoms with Gasteiger partial charge in [0.15, 0.2) is 6.10 Å². The molecule has 0 aliphatic heterocycles. The fraction of sp³-hybridized carbons (Fsp3) is 0.703. The van der Waals surface area contributed by atoms with Crippen LogP contribution in [0.4, 0.5) is 0 Å². The van der Waals surface area contributed by atoms with E-state index in [9.17, 15) is 14.4 Å². The number of esters is 3. The number of hydrogen-bond acceptors (Lipinski definition) is 6.